The van der Waals surface area contributed by atoms with Crippen molar-refractivity contribution in [1.29, 1.82) is 0 Å². The molecule has 0 unspecified atom stereocenters. The molecule has 0 aromatic heterocycles. The maximum atomic E-state index is 13.1. The number of ether oxygens (including phenoxy) is 1. The Morgan fingerprint density at radius 1 is 1.12 bits per heavy atom. The second kappa shape index (κ2) is 9.21. The lowest BCUT2D eigenvalue weighted by molar-refractivity contribution is -0.142. The topological polar surface area (TPSA) is 58.6 Å². The van der Waals surface area contributed by atoms with Crippen molar-refractivity contribution in [2.24, 2.45) is 23.7 Å². The molecule has 2 aliphatic rings. The minimum absolute atomic E-state index is 0.0363. The molecule has 2 rings (SSSR count). The van der Waals surface area contributed by atoms with E-state index >= 15 is 0 Å². The molecule has 5 nitrogen and oxygen atoms in total. The third kappa shape index (κ3) is 4.18. The molecular weight excluding hydrogens is 304 g/mol. The Bertz CT molecular complexity index is 458. The van der Waals surface area contributed by atoms with Gasteiger partial charge in [-0.2, -0.15) is 0 Å². The van der Waals surface area contributed by atoms with Gasteiger partial charge in [-0.15, -0.1) is 0 Å². The van der Waals surface area contributed by atoms with Crippen LogP contribution < -0.4 is 5.32 Å². The number of nitrogens with one attached hydrogen (secondary N) is 1. The number of allylic oxidation sites excluding steroid dienone is 2. The monoisotopic (exact) mass is 336 g/mol. The number of carbonyl (C=O) groups is 2. The van der Waals surface area contributed by atoms with Crippen molar-refractivity contribution in [3.05, 3.63) is 12.2 Å². The predicted octanol–water partition coefficient (Wildman–Crippen LogP) is 2.23. The smallest absolute Gasteiger partial charge is 0.227 e. The number of hydrogen-bond acceptors (Lipinski definition) is 3. The standard InChI is InChI=1S/C19H32N2O3/c1-4-10-21(11-5-2)19(23)17-15-8-7-14(13-15)16(17)18(22)20-9-6-12-24-3/h7-8,14-17H,4-6,9-13H2,1-3H3,(H,20,22)/t14-,15-,16-,17+/m0/s1. The number of hydrogen-bond donors (Lipinski definition) is 1. The largest absolute Gasteiger partial charge is 0.385 e. The molecule has 1 N–H and O–H groups in total. The minimum Gasteiger partial charge on any atom is -0.385 e. The molecule has 2 aliphatic carbocycles. The van der Waals surface area contributed by atoms with Crippen LogP contribution in [0.2, 0.25) is 0 Å². The van der Waals surface area contributed by atoms with Gasteiger partial charge in [-0.05, 0) is 37.5 Å². The first-order valence-electron chi connectivity index (χ1n) is 9.37. The number of rotatable bonds is 10. The van der Waals surface area contributed by atoms with Gasteiger partial charge in [-0.25, -0.2) is 0 Å². The zero-order valence-corrected chi connectivity index (χ0v) is 15.3. The van der Waals surface area contributed by atoms with Crippen LogP contribution in [0.3, 0.4) is 0 Å². The molecule has 5 heteroatoms. The van der Waals surface area contributed by atoms with Crippen molar-refractivity contribution >= 4 is 11.8 Å². The lowest BCUT2D eigenvalue weighted by atomic mass is 9.81. The fourth-order valence-electron chi connectivity index (χ4n) is 4.15. The van der Waals surface area contributed by atoms with Gasteiger partial charge in [-0.3, -0.25) is 9.59 Å². The highest BCUT2D eigenvalue weighted by Crippen LogP contribution is 2.48. The van der Waals surface area contributed by atoms with E-state index in [1.165, 1.54) is 0 Å². The summed E-state index contributed by atoms with van der Waals surface area (Å²) in [6, 6.07) is 0. The first-order valence-corrected chi connectivity index (χ1v) is 9.37. The van der Waals surface area contributed by atoms with Crippen LogP contribution in [0.15, 0.2) is 12.2 Å². The SMILES string of the molecule is CCCN(CCC)C(=O)[C@H]1[C@@H](C(=O)NCCCOC)[C@H]2C=C[C@H]1C2. The van der Waals surface area contributed by atoms with Crippen LogP contribution >= 0.6 is 0 Å². The Morgan fingerprint density at radius 3 is 2.33 bits per heavy atom. The van der Waals surface area contributed by atoms with Crippen LogP contribution in [0.4, 0.5) is 0 Å². The van der Waals surface area contributed by atoms with Crippen LogP contribution in [0, 0.1) is 23.7 Å². The molecule has 2 bridgehead atoms. The van der Waals surface area contributed by atoms with E-state index in [4.69, 9.17) is 4.74 Å². The molecule has 0 aromatic carbocycles. The third-order valence-corrected chi connectivity index (χ3v) is 5.17. The lowest BCUT2D eigenvalue weighted by Gasteiger charge is -2.32. The Labute approximate surface area is 145 Å². The molecule has 1 saturated carbocycles. The summed E-state index contributed by atoms with van der Waals surface area (Å²) in [4.78, 5) is 27.8. The van der Waals surface area contributed by atoms with Gasteiger partial charge in [-0.1, -0.05) is 26.0 Å². The summed E-state index contributed by atoms with van der Waals surface area (Å²) in [5, 5.41) is 3.01. The average molecular weight is 336 g/mol. The molecule has 0 saturated heterocycles. The molecule has 2 amide bonds. The first kappa shape index (κ1) is 19.0. The van der Waals surface area contributed by atoms with Gasteiger partial charge < -0.3 is 15.0 Å². The van der Waals surface area contributed by atoms with E-state index in [9.17, 15) is 9.59 Å². The number of fused-ring (bicyclic) bond motifs is 2. The summed E-state index contributed by atoms with van der Waals surface area (Å²) in [5.74, 6) is 0.276. The molecule has 136 valence electrons. The van der Waals surface area contributed by atoms with Crippen molar-refractivity contribution in [3.8, 4) is 0 Å². The molecule has 0 aliphatic heterocycles. The molecule has 0 radical (unpaired) electrons. The van der Waals surface area contributed by atoms with Gasteiger partial charge in [0, 0.05) is 33.4 Å². The van der Waals surface area contributed by atoms with Gasteiger partial charge in [0.05, 0.1) is 11.8 Å². The summed E-state index contributed by atoms with van der Waals surface area (Å²) < 4.78 is 5.02. The molecule has 0 spiro atoms. The number of nitrogens with zero attached hydrogens (tertiary/aromatic N) is 1. The average Bonchev–Trinajstić information content (AvgIpc) is 3.19. The van der Waals surface area contributed by atoms with Crippen LogP contribution in [0.5, 0.6) is 0 Å². The van der Waals surface area contributed by atoms with Crippen molar-refractivity contribution in [1.82, 2.24) is 10.2 Å². The zero-order chi connectivity index (χ0) is 17.5. The number of carbonyl (C=O) groups excluding carboxylic acids is 2. The molecular formula is C19H32N2O3. The Balaban J connectivity index is 2.04. The first-order chi connectivity index (χ1) is 11.6. The Kier molecular flexibility index (Phi) is 7.28. The van der Waals surface area contributed by atoms with Crippen LogP contribution in [0.25, 0.3) is 0 Å². The summed E-state index contributed by atoms with van der Waals surface area (Å²) in [7, 11) is 1.66. The molecule has 24 heavy (non-hydrogen) atoms. The normalized spacial score (nSPS) is 27.5. The van der Waals surface area contributed by atoms with Gasteiger partial charge in [0.2, 0.25) is 11.8 Å². The summed E-state index contributed by atoms with van der Waals surface area (Å²) in [6.07, 6.45) is 7.94. The van der Waals surface area contributed by atoms with Crippen LogP contribution in [-0.2, 0) is 14.3 Å². The highest BCUT2D eigenvalue weighted by Gasteiger charge is 2.52. The summed E-state index contributed by atoms with van der Waals surface area (Å²) >= 11 is 0. The third-order valence-electron chi connectivity index (χ3n) is 5.17. The Morgan fingerprint density at radius 2 is 1.75 bits per heavy atom. The second-order valence-corrected chi connectivity index (χ2v) is 6.96. The maximum absolute atomic E-state index is 13.1. The van der Waals surface area contributed by atoms with Crippen molar-refractivity contribution in [2.75, 3.05) is 33.4 Å². The van der Waals surface area contributed by atoms with E-state index in [0.717, 1.165) is 38.8 Å². The maximum Gasteiger partial charge on any atom is 0.227 e. The van der Waals surface area contributed by atoms with Crippen molar-refractivity contribution in [3.63, 3.8) is 0 Å². The van der Waals surface area contributed by atoms with Crippen molar-refractivity contribution in [2.45, 2.75) is 39.5 Å². The van der Waals surface area contributed by atoms with Gasteiger partial charge >= 0.3 is 0 Å². The molecule has 4 atom stereocenters. The van der Waals surface area contributed by atoms with Crippen LogP contribution in [-0.4, -0.2) is 50.1 Å². The summed E-state index contributed by atoms with van der Waals surface area (Å²) in [6.45, 7) is 7.00. The Hall–Kier alpha value is -1.36. The predicted molar refractivity (Wildman–Crippen MR) is 94.4 cm³/mol. The number of methoxy groups -OCH3 is 1. The zero-order valence-electron chi connectivity index (χ0n) is 15.3. The van der Waals surface area contributed by atoms with E-state index in [-0.39, 0.29) is 35.5 Å². The molecule has 0 aromatic rings. The molecule has 1 fully saturated rings. The van der Waals surface area contributed by atoms with Gasteiger partial charge in [0.25, 0.3) is 0 Å². The van der Waals surface area contributed by atoms with E-state index in [1.54, 1.807) is 7.11 Å². The quantitative estimate of drug-likeness (QED) is 0.492. The van der Waals surface area contributed by atoms with E-state index < -0.39 is 0 Å². The van der Waals surface area contributed by atoms with Gasteiger partial charge in [0.1, 0.15) is 0 Å². The van der Waals surface area contributed by atoms with Crippen LogP contribution in [0.1, 0.15) is 39.5 Å². The highest BCUT2D eigenvalue weighted by atomic mass is 16.5. The number of amides is 2. The second-order valence-electron chi connectivity index (χ2n) is 6.96. The fourth-order valence-corrected chi connectivity index (χ4v) is 4.15. The van der Waals surface area contributed by atoms with E-state index in [2.05, 4.69) is 31.3 Å². The summed E-state index contributed by atoms with van der Waals surface area (Å²) in [5.41, 5.74) is 0. The van der Waals surface area contributed by atoms with Crippen molar-refractivity contribution < 1.29 is 14.3 Å². The van der Waals surface area contributed by atoms with E-state index in [0.29, 0.717) is 13.2 Å². The highest BCUT2D eigenvalue weighted by molar-refractivity contribution is 5.89. The minimum atomic E-state index is -0.203. The molecule has 0 heterocycles. The fraction of sp³-hybridized carbons (Fsp3) is 0.789. The lowest BCUT2D eigenvalue weighted by Crippen LogP contribution is -2.46. The van der Waals surface area contributed by atoms with E-state index in [1.807, 2.05) is 4.90 Å². The van der Waals surface area contributed by atoms with Gasteiger partial charge in [0.15, 0.2) is 0 Å².